The van der Waals surface area contributed by atoms with Crippen LogP contribution in [0.2, 0.25) is 0 Å². The number of aliphatic hydroxyl groups excluding tert-OH is 1. The van der Waals surface area contributed by atoms with Gasteiger partial charge in [-0.25, -0.2) is 13.1 Å². The topological polar surface area (TPSA) is 77.8 Å². The molecule has 0 saturated carbocycles. The Morgan fingerprint density at radius 3 is 2.09 bits per heavy atom. The largest absolute Gasteiger partial charge is 0.760 e. The molecule has 9 heteroatoms. The van der Waals surface area contributed by atoms with Crippen LogP contribution in [0.1, 0.15) is 18.1 Å². The van der Waals surface area contributed by atoms with E-state index in [0.717, 1.165) is 15.4 Å². The molecule has 3 aromatic carbocycles. The number of rotatable bonds is 10. The zero-order valence-electron chi connectivity index (χ0n) is 18.6. The van der Waals surface area contributed by atoms with Crippen LogP contribution in [0.4, 0.5) is 8.78 Å². The van der Waals surface area contributed by atoms with Gasteiger partial charge in [-0.1, -0.05) is 24.3 Å². The summed E-state index contributed by atoms with van der Waals surface area (Å²) in [4.78, 5) is 0. The van der Waals surface area contributed by atoms with E-state index in [0.29, 0.717) is 35.0 Å². The number of hydrogen-bond donors (Lipinski definition) is 1. The van der Waals surface area contributed by atoms with Crippen LogP contribution in [0.5, 0.6) is 0 Å². The first kappa shape index (κ1) is 24.4. The molecule has 0 aliphatic rings. The molecule has 0 spiro atoms. The Bertz CT molecular complexity index is 1250. The van der Waals surface area contributed by atoms with Crippen molar-refractivity contribution in [3.63, 3.8) is 0 Å². The van der Waals surface area contributed by atoms with Crippen molar-refractivity contribution in [2.24, 2.45) is 0 Å². The molecule has 0 saturated heterocycles. The molecule has 0 fully saturated rings. The van der Waals surface area contributed by atoms with Crippen molar-refractivity contribution in [1.29, 1.82) is 0 Å². The molecular formula is C25H25F2N2O4S-. The summed E-state index contributed by atoms with van der Waals surface area (Å²) in [6.07, 6.45) is -1.05. The molecule has 6 nitrogen and oxygen atoms in total. The van der Waals surface area contributed by atoms with Gasteiger partial charge in [-0.3, -0.25) is 4.21 Å². The van der Waals surface area contributed by atoms with Gasteiger partial charge in [0.1, 0.15) is 11.6 Å². The molecule has 1 N–H and O–H groups in total. The lowest BCUT2D eigenvalue weighted by Crippen LogP contribution is -2.35. The predicted octanol–water partition coefficient (Wildman–Crippen LogP) is 4.27. The van der Waals surface area contributed by atoms with E-state index >= 15 is 0 Å². The van der Waals surface area contributed by atoms with Crippen molar-refractivity contribution < 1.29 is 27.4 Å². The zero-order valence-corrected chi connectivity index (χ0v) is 19.4. The first-order chi connectivity index (χ1) is 16.4. The van der Waals surface area contributed by atoms with E-state index in [1.807, 2.05) is 31.2 Å². The molecule has 0 amide bonds. The average molecular weight is 488 g/mol. The van der Waals surface area contributed by atoms with Crippen molar-refractivity contribution in [3.05, 3.63) is 83.4 Å². The molecule has 0 aliphatic carbocycles. The summed E-state index contributed by atoms with van der Waals surface area (Å²) in [7, 11) is 0. The van der Waals surface area contributed by atoms with Gasteiger partial charge in [0, 0.05) is 52.8 Å². The van der Waals surface area contributed by atoms with Crippen LogP contribution < -0.4 is 0 Å². The first-order valence-electron chi connectivity index (χ1n) is 10.9. The summed E-state index contributed by atoms with van der Waals surface area (Å²) in [5.41, 5.74) is 3.01. The molecule has 2 unspecified atom stereocenters. The molecule has 1 heterocycles. The number of benzene rings is 3. The summed E-state index contributed by atoms with van der Waals surface area (Å²) < 4.78 is 59.7. The van der Waals surface area contributed by atoms with Crippen LogP contribution in [-0.2, 0) is 35.7 Å². The number of halogens is 2. The third kappa shape index (κ3) is 5.51. The molecule has 0 aliphatic heterocycles. The van der Waals surface area contributed by atoms with Gasteiger partial charge < -0.3 is 19.0 Å². The fourth-order valence-corrected chi connectivity index (χ4v) is 4.64. The van der Waals surface area contributed by atoms with Gasteiger partial charge >= 0.3 is 0 Å². The number of fused-ring (bicyclic) bond motifs is 3. The summed E-state index contributed by atoms with van der Waals surface area (Å²) in [6, 6.07) is 15.8. The molecule has 1 aromatic heterocycles. The van der Waals surface area contributed by atoms with Crippen LogP contribution in [0.25, 0.3) is 21.8 Å². The summed E-state index contributed by atoms with van der Waals surface area (Å²) in [6.45, 7) is 3.03. The molecule has 4 rings (SSSR count). The smallest absolute Gasteiger partial charge is 0.123 e. The second-order valence-corrected chi connectivity index (χ2v) is 9.03. The van der Waals surface area contributed by atoms with E-state index in [-0.39, 0.29) is 19.6 Å². The van der Waals surface area contributed by atoms with E-state index in [9.17, 15) is 22.6 Å². The van der Waals surface area contributed by atoms with Crippen LogP contribution in [0, 0.1) is 11.6 Å². The summed E-state index contributed by atoms with van der Waals surface area (Å²) in [5.74, 6) is -0.895. The van der Waals surface area contributed by atoms with Crippen molar-refractivity contribution in [2.45, 2.75) is 32.7 Å². The Morgan fingerprint density at radius 2 is 1.56 bits per heavy atom. The van der Waals surface area contributed by atoms with Crippen LogP contribution >= 0.6 is 0 Å². The molecule has 2 atom stereocenters. The van der Waals surface area contributed by atoms with Gasteiger partial charge in [0.2, 0.25) is 0 Å². The highest BCUT2D eigenvalue weighted by Crippen LogP contribution is 2.30. The van der Waals surface area contributed by atoms with E-state index in [1.54, 1.807) is 16.7 Å². The molecule has 4 aromatic rings. The van der Waals surface area contributed by atoms with Gasteiger partial charge in [-0.15, -0.1) is 0 Å². The highest BCUT2D eigenvalue weighted by molar-refractivity contribution is 7.76. The highest BCUT2D eigenvalue weighted by Gasteiger charge is 2.18. The third-order valence-corrected chi connectivity index (χ3v) is 6.36. The lowest BCUT2D eigenvalue weighted by Gasteiger charge is -2.27. The summed E-state index contributed by atoms with van der Waals surface area (Å²) >= 11 is -2.55. The second kappa shape index (κ2) is 10.7. The Hall–Kier alpha value is -2.69. The third-order valence-electron chi connectivity index (χ3n) is 5.66. The minimum Gasteiger partial charge on any atom is -0.760 e. The van der Waals surface area contributed by atoms with E-state index < -0.39 is 29.0 Å². The summed E-state index contributed by atoms with van der Waals surface area (Å²) in [5, 5.41) is 11.8. The number of nitrogens with zero attached hydrogens (tertiary/aromatic N) is 2. The number of hydrogen-bond acceptors (Lipinski definition) is 4. The Labute approximate surface area is 198 Å². The zero-order chi connectivity index (χ0) is 24.2. The van der Waals surface area contributed by atoms with Crippen molar-refractivity contribution in [1.82, 2.24) is 8.87 Å². The molecular weight excluding hydrogens is 462 g/mol. The number of aromatic nitrogens is 1. The lowest BCUT2D eigenvalue weighted by molar-refractivity contribution is 0.127. The van der Waals surface area contributed by atoms with Crippen molar-refractivity contribution in [3.8, 4) is 0 Å². The van der Waals surface area contributed by atoms with Crippen LogP contribution in [-0.4, -0.2) is 42.0 Å². The maximum absolute atomic E-state index is 13.9. The molecule has 180 valence electrons. The minimum atomic E-state index is -2.55. The highest BCUT2D eigenvalue weighted by atomic mass is 32.2. The normalized spacial score (nSPS) is 13.7. The van der Waals surface area contributed by atoms with Gasteiger partial charge in [-0.2, -0.15) is 0 Å². The van der Waals surface area contributed by atoms with Gasteiger partial charge in [0.05, 0.1) is 19.3 Å². The SMILES string of the molecule is CCOCc1ccc(CN(CC(O)Cn2c3ccc(F)cc3c3cc(F)ccc32)S(=O)[O-])cc1. The van der Waals surface area contributed by atoms with Crippen molar-refractivity contribution in [2.75, 3.05) is 13.2 Å². The Morgan fingerprint density at radius 1 is 1.00 bits per heavy atom. The Balaban J connectivity index is 1.53. The number of ether oxygens (including phenoxy) is 1. The van der Waals surface area contributed by atoms with Crippen LogP contribution in [0.15, 0.2) is 60.7 Å². The maximum atomic E-state index is 13.9. The standard InChI is InChI=1S/C25H26F2N2O4S/c1-2-33-16-18-5-3-17(4-6-18)13-28(34(31)32)14-21(30)15-29-24-9-7-19(26)11-22(24)23-12-20(27)8-10-25(23)29/h3-12,21,30H,2,13-16H2,1H3,(H,31,32)/p-1. The molecule has 0 bridgehead atoms. The van der Waals surface area contributed by atoms with Gasteiger partial charge in [0.25, 0.3) is 0 Å². The predicted molar refractivity (Wildman–Crippen MR) is 126 cm³/mol. The fraction of sp³-hybridized carbons (Fsp3) is 0.280. The number of aliphatic hydroxyl groups is 1. The van der Waals surface area contributed by atoms with Gasteiger partial charge in [-0.05, 0) is 54.4 Å². The van der Waals surface area contributed by atoms with Crippen LogP contribution in [0.3, 0.4) is 0 Å². The van der Waals surface area contributed by atoms with Crippen molar-refractivity contribution >= 4 is 33.1 Å². The quantitative estimate of drug-likeness (QED) is 0.339. The van der Waals surface area contributed by atoms with E-state index in [1.165, 1.54) is 24.3 Å². The monoisotopic (exact) mass is 487 g/mol. The fourth-order valence-electron chi connectivity index (χ4n) is 4.09. The van der Waals surface area contributed by atoms with E-state index in [4.69, 9.17) is 4.74 Å². The maximum Gasteiger partial charge on any atom is 0.123 e. The van der Waals surface area contributed by atoms with E-state index in [2.05, 4.69) is 0 Å². The average Bonchev–Trinajstić information content (AvgIpc) is 3.09. The lowest BCUT2D eigenvalue weighted by atomic mass is 10.1. The molecule has 0 radical (unpaired) electrons. The second-order valence-electron chi connectivity index (χ2n) is 8.08. The Kier molecular flexibility index (Phi) is 7.70. The van der Waals surface area contributed by atoms with Gasteiger partial charge in [0.15, 0.2) is 0 Å². The minimum absolute atomic E-state index is 0.0538. The first-order valence-corrected chi connectivity index (χ1v) is 11.9. The molecule has 34 heavy (non-hydrogen) atoms.